The van der Waals surface area contributed by atoms with Gasteiger partial charge in [0.05, 0.1) is 5.30 Å². The third-order valence-corrected chi connectivity index (χ3v) is 5.89. The number of rotatable bonds is 3. The molecule has 1 atom stereocenters. The molecule has 0 bridgehead atoms. The monoisotopic (exact) mass is 302 g/mol. The van der Waals surface area contributed by atoms with Gasteiger partial charge in [0.2, 0.25) is 0 Å². The fourth-order valence-corrected chi connectivity index (χ4v) is 4.52. The Kier molecular flexibility index (Phi) is 4.00. The topological polar surface area (TPSA) is 17.1 Å². The molecule has 0 N–H and O–H groups in total. The van der Waals surface area contributed by atoms with Gasteiger partial charge in [-0.25, -0.2) is 4.39 Å². The van der Waals surface area contributed by atoms with E-state index in [0.717, 1.165) is 12.1 Å². The Morgan fingerprint density at radius 3 is 2.00 bits per heavy atom. The molecule has 0 aliphatic rings. The lowest BCUT2D eigenvalue weighted by atomic mass is 10.3. The van der Waals surface area contributed by atoms with Crippen LogP contribution in [-0.2, 0) is 4.57 Å². The predicted octanol–water partition coefficient (Wildman–Crippen LogP) is 3.70. The summed E-state index contributed by atoms with van der Waals surface area (Å²) in [4.78, 5) is 0. The van der Waals surface area contributed by atoms with Gasteiger partial charge in [-0.2, -0.15) is 13.2 Å². The van der Waals surface area contributed by atoms with Crippen molar-refractivity contribution in [1.29, 1.82) is 0 Å². The maximum atomic E-state index is 13.8. The van der Waals surface area contributed by atoms with Crippen LogP contribution in [0.3, 0.4) is 0 Å². The summed E-state index contributed by atoms with van der Waals surface area (Å²) in [7, 11) is -4.08. The molecule has 20 heavy (non-hydrogen) atoms. The zero-order valence-electron chi connectivity index (χ0n) is 10.3. The third-order valence-electron chi connectivity index (χ3n) is 2.82. The zero-order valence-corrected chi connectivity index (χ0v) is 11.2. The maximum Gasteiger partial charge on any atom is 0.396 e. The van der Waals surface area contributed by atoms with Gasteiger partial charge in [-0.1, -0.05) is 42.5 Å². The molecule has 0 aliphatic heterocycles. The minimum atomic E-state index is -4.65. The molecule has 106 valence electrons. The van der Waals surface area contributed by atoms with E-state index < -0.39 is 25.3 Å². The molecule has 1 nitrogen and oxygen atoms in total. The first-order valence-corrected chi connectivity index (χ1v) is 7.69. The van der Waals surface area contributed by atoms with Gasteiger partial charge in [-0.05, 0) is 12.1 Å². The number of hydrogen-bond donors (Lipinski definition) is 0. The summed E-state index contributed by atoms with van der Waals surface area (Å²) < 4.78 is 65.0. The highest BCUT2D eigenvalue weighted by Crippen LogP contribution is 2.48. The molecule has 0 aromatic heterocycles. The van der Waals surface area contributed by atoms with Crippen molar-refractivity contribution in [2.24, 2.45) is 0 Å². The normalized spacial score (nSPS) is 14.8. The minimum absolute atomic E-state index is 0.00225. The molecule has 0 fully saturated rings. The Labute approximate surface area is 113 Å². The van der Waals surface area contributed by atoms with Crippen LogP contribution in [-0.4, -0.2) is 12.3 Å². The number of halogens is 4. The van der Waals surface area contributed by atoms with E-state index in [9.17, 15) is 22.1 Å². The van der Waals surface area contributed by atoms with Crippen LogP contribution in [0.2, 0.25) is 0 Å². The summed E-state index contributed by atoms with van der Waals surface area (Å²) in [5, 5.41) is -0.383. The molecule has 2 aromatic carbocycles. The van der Waals surface area contributed by atoms with Crippen molar-refractivity contribution in [3.8, 4) is 0 Å². The van der Waals surface area contributed by atoms with Gasteiger partial charge in [0.1, 0.15) is 12.0 Å². The van der Waals surface area contributed by atoms with Crippen LogP contribution in [0.4, 0.5) is 17.6 Å². The Balaban J connectivity index is 2.62. The van der Waals surface area contributed by atoms with Crippen molar-refractivity contribution >= 4 is 17.8 Å². The van der Waals surface area contributed by atoms with Crippen LogP contribution in [0, 0.1) is 5.82 Å². The average molecular weight is 302 g/mol. The quantitative estimate of drug-likeness (QED) is 0.624. The van der Waals surface area contributed by atoms with Crippen molar-refractivity contribution in [2.75, 3.05) is 6.16 Å². The van der Waals surface area contributed by atoms with E-state index in [2.05, 4.69) is 0 Å². The van der Waals surface area contributed by atoms with E-state index in [1.54, 1.807) is 6.07 Å². The number of alkyl halides is 3. The summed E-state index contributed by atoms with van der Waals surface area (Å²) >= 11 is 0. The van der Waals surface area contributed by atoms with E-state index in [1.807, 2.05) is 0 Å². The number of benzene rings is 2. The van der Waals surface area contributed by atoms with Crippen molar-refractivity contribution < 1.29 is 22.1 Å². The first-order chi connectivity index (χ1) is 9.33. The summed E-state index contributed by atoms with van der Waals surface area (Å²) in [6, 6.07) is 12.1. The van der Waals surface area contributed by atoms with Gasteiger partial charge < -0.3 is 4.57 Å². The molecule has 0 aliphatic carbocycles. The molecule has 0 spiro atoms. The summed E-state index contributed by atoms with van der Waals surface area (Å²) in [6.45, 7) is 0. The highest BCUT2D eigenvalue weighted by molar-refractivity contribution is 7.78. The molecule has 6 heteroatoms. The standard InChI is InChI=1S/C14H11F4OP/c15-12-8-4-5-9-13(12)20(19,10-14(16,17)18)11-6-2-1-3-7-11/h1-9H,10H2. The highest BCUT2D eigenvalue weighted by atomic mass is 31.2. The highest BCUT2D eigenvalue weighted by Gasteiger charge is 2.42. The maximum absolute atomic E-state index is 13.8. The van der Waals surface area contributed by atoms with E-state index in [-0.39, 0.29) is 10.6 Å². The first kappa shape index (κ1) is 14.8. The molecule has 0 radical (unpaired) electrons. The van der Waals surface area contributed by atoms with Crippen LogP contribution in [0.25, 0.3) is 0 Å². The Morgan fingerprint density at radius 1 is 0.900 bits per heavy atom. The molecule has 0 saturated heterocycles. The van der Waals surface area contributed by atoms with Gasteiger partial charge in [0.15, 0.2) is 7.14 Å². The van der Waals surface area contributed by atoms with E-state index in [4.69, 9.17) is 0 Å². The third kappa shape index (κ3) is 3.10. The molecule has 2 rings (SSSR count). The smallest absolute Gasteiger partial charge is 0.313 e. The van der Waals surface area contributed by atoms with Gasteiger partial charge in [-0.3, -0.25) is 0 Å². The average Bonchev–Trinajstić information content (AvgIpc) is 2.38. The fraction of sp³-hybridized carbons (Fsp3) is 0.143. The van der Waals surface area contributed by atoms with Gasteiger partial charge in [0.25, 0.3) is 0 Å². The summed E-state index contributed by atoms with van der Waals surface area (Å²) in [5.41, 5.74) is 0. The van der Waals surface area contributed by atoms with E-state index in [0.29, 0.717) is 0 Å². The Morgan fingerprint density at radius 2 is 1.45 bits per heavy atom. The lowest BCUT2D eigenvalue weighted by molar-refractivity contribution is -0.106. The first-order valence-electron chi connectivity index (χ1n) is 5.79. The molecule has 0 heterocycles. The molecule has 1 unspecified atom stereocenters. The number of hydrogen-bond acceptors (Lipinski definition) is 1. The van der Waals surface area contributed by atoms with Crippen molar-refractivity contribution in [3.05, 3.63) is 60.4 Å². The van der Waals surface area contributed by atoms with Crippen LogP contribution in [0.1, 0.15) is 0 Å². The van der Waals surface area contributed by atoms with E-state index >= 15 is 0 Å². The van der Waals surface area contributed by atoms with E-state index in [1.165, 1.54) is 36.4 Å². The fourth-order valence-electron chi connectivity index (χ4n) is 1.98. The second kappa shape index (κ2) is 5.41. The van der Waals surface area contributed by atoms with Gasteiger partial charge >= 0.3 is 6.18 Å². The molecule has 2 aromatic rings. The molecule has 0 amide bonds. The SMILES string of the molecule is O=P(CC(F)(F)F)(c1ccccc1)c1ccccc1F. The van der Waals surface area contributed by atoms with Crippen LogP contribution in [0.5, 0.6) is 0 Å². The van der Waals surface area contributed by atoms with Gasteiger partial charge in [-0.15, -0.1) is 0 Å². The lowest BCUT2D eigenvalue weighted by Gasteiger charge is -2.21. The summed E-state index contributed by atoms with van der Waals surface area (Å²) in [6.07, 6.45) is -6.20. The van der Waals surface area contributed by atoms with Crippen molar-refractivity contribution in [1.82, 2.24) is 0 Å². The van der Waals surface area contributed by atoms with Gasteiger partial charge in [0, 0.05) is 5.30 Å². The largest absolute Gasteiger partial charge is 0.396 e. The minimum Gasteiger partial charge on any atom is -0.313 e. The summed E-state index contributed by atoms with van der Waals surface area (Å²) in [5.74, 6) is -0.885. The Hall–Kier alpha value is -1.61. The van der Waals surface area contributed by atoms with Crippen LogP contribution in [0.15, 0.2) is 54.6 Å². The lowest BCUT2D eigenvalue weighted by Crippen LogP contribution is -2.27. The predicted molar refractivity (Wildman–Crippen MR) is 70.6 cm³/mol. The second-order valence-corrected chi connectivity index (χ2v) is 7.09. The Bertz CT molecular complexity index is 637. The molecule has 0 saturated carbocycles. The van der Waals surface area contributed by atoms with Crippen molar-refractivity contribution in [2.45, 2.75) is 6.18 Å². The molecular weight excluding hydrogens is 291 g/mol. The molecular formula is C14H11F4OP. The second-order valence-electron chi connectivity index (χ2n) is 4.30. The van der Waals surface area contributed by atoms with Crippen LogP contribution < -0.4 is 10.6 Å². The van der Waals surface area contributed by atoms with Crippen LogP contribution >= 0.6 is 7.14 Å². The zero-order chi connectivity index (χ0) is 14.8. The van der Waals surface area contributed by atoms with Crippen molar-refractivity contribution in [3.63, 3.8) is 0 Å².